The number of carboxylic acids is 1. The van der Waals surface area contributed by atoms with Gasteiger partial charge in [-0.1, -0.05) is 18.2 Å². The summed E-state index contributed by atoms with van der Waals surface area (Å²) in [6, 6.07) is 12.1. The highest BCUT2D eigenvalue weighted by Crippen LogP contribution is 2.29. The van der Waals surface area contributed by atoms with Crippen molar-refractivity contribution in [3.05, 3.63) is 75.7 Å². The summed E-state index contributed by atoms with van der Waals surface area (Å²) >= 11 is 0. The zero-order valence-corrected chi connectivity index (χ0v) is 15.5. The van der Waals surface area contributed by atoms with Crippen LogP contribution in [-0.4, -0.2) is 39.0 Å². The second-order valence-electron chi connectivity index (χ2n) is 7.09. The Balaban J connectivity index is 1.47. The maximum Gasteiger partial charge on any atom is 0.336 e. The number of aromatic amines is 1. The Morgan fingerprint density at radius 1 is 1.32 bits per heavy atom. The summed E-state index contributed by atoms with van der Waals surface area (Å²) in [6.45, 7) is 4.11. The van der Waals surface area contributed by atoms with E-state index in [4.69, 9.17) is 4.42 Å². The predicted molar refractivity (Wildman–Crippen MR) is 103 cm³/mol. The Hall–Kier alpha value is -3.19. The number of benzene rings is 1. The minimum absolute atomic E-state index is 0.117. The molecular formula is C21H21N3O4. The van der Waals surface area contributed by atoms with E-state index in [0.717, 1.165) is 31.0 Å². The number of aromatic nitrogens is 2. The quantitative estimate of drug-likeness (QED) is 0.707. The van der Waals surface area contributed by atoms with E-state index in [1.54, 1.807) is 37.3 Å². The monoisotopic (exact) mass is 379 g/mol. The first-order chi connectivity index (χ1) is 13.5. The highest BCUT2D eigenvalue weighted by molar-refractivity contribution is 5.95. The number of rotatable bonds is 5. The molecule has 3 heterocycles. The van der Waals surface area contributed by atoms with E-state index in [1.807, 2.05) is 12.1 Å². The van der Waals surface area contributed by atoms with Gasteiger partial charge in [-0.15, -0.1) is 0 Å². The first-order valence-electron chi connectivity index (χ1n) is 9.21. The number of aryl methyl sites for hydroxylation is 1. The number of carbonyl (C=O) groups is 1. The lowest BCUT2D eigenvalue weighted by Crippen LogP contribution is -2.20. The standard InChI is InChI=1S/C21H21N3O4/c1-13-22-18(10-20(25)23-13)14-8-9-24(11-14)12-15-6-7-19(28-15)16-4-2-3-5-17(16)21(26)27/h2-7,10,14H,8-9,11-12H2,1H3,(H,26,27)(H,22,23,25). The number of nitrogens with zero attached hydrogens (tertiary/aromatic N) is 2. The minimum Gasteiger partial charge on any atom is -0.478 e. The van der Waals surface area contributed by atoms with Crippen LogP contribution in [0, 0.1) is 6.92 Å². The van der Waals surface area contributed by atoms with Gasteiger partial charge in [0.25, 0.3) is 5.56 Å². The maximum atomic E-state index is 11.7. The molecule has 1 aliphatic rings. The molecule has 0 amide bonds. The number of likely N-dealkylation sites (tertiary alicyclic amines) is 1. The number of H-pyrrole nitrogens is 1. The Bertz CT molecular complexity index is 1070. The van der Waals surface area contributed by atoms with Gasteiger partial charge >= 0.3 is 5.97 Å². The molecule has 3 aromatic rings. The van der Waals surface area contributed by atoms with Gasteiger partial charge in [-0.3, -0.25) is 9.69 Å². The number of carboxylic acid groups (broad SMARTS) is 1. The van der Waals surface area contributed by atoms with Crippen molar-refractivity contribution in [3.63, 3.8) is 0 Å². The zero-order chi connectivity index (χ0) is 19.7. The van der Waals surface area contributed by atoms with Crippen LogP contribution >= 0.6 is 0 Å². The molecule has 1 fully saturated rings. The minimum atomic E-state index is -0.975. The van der Waals surface area contributed by atoms with Crippen molar-refractivity contribution in [1.29, 1.82) is 0 Å². The highest BCUT2D eigenvalue weighted by atomic mass is 16.4. The van der Waals surface area contributed by atoms with Crippen LogP contribution in [0.15, 0.2) is 51.7 Å². The molecular weight excluding hydrogens is 358 g/mol. The maximum absolute atomic E-state index is 11.7. The van der Waals surface area contributed by atoms with Gasteiger partial charge in [-0.25, -0.2) is 9.78 Å². The highest BCUT2D eigenvalue weighted by Gasteiger charge is 2.26. The Labute approximate surface area is 161 Å². The van der Waals surface area contributed by atoms with E-state index in [1.165, 1.54) is 0 Å². The summed E-state index contributed by atoms with van der Waals surface area (Å²) in [5, 5.41) is 9.36. The van der Waals surface area contributed by atoms with Gasteiger partial charge in [-0.05, 0) is 38.1 Å². The van der Waals surface area contributed by atoms with E-state index in [2.05, 4.69) is 14.9 Å². The molecule has 144 valence electrons. The van der Waals surface area contributed by atoms with Crippen LogP contribution in [0.5, 0.6) is 0 Å². The van der Waals surface area contributed by atoms with Gasteiger partial charge in [-0.2, -0.15) is 0 Å². The molecule has 1 aliphatic heterocycles. The van der Waals surface area contributed by atoms with E-state index in [-0.39, 0.29) is 17.0 Å². The molecule has 2 aromatic heterocycles. The van der Waals surface area contributed by atoms with Crippen molar-refractivity contribution in [2.24, 2.45) is 0 Å². The Morgan fingerprint density at radius 2 is 2.14 bits per heavy atom. The summed E-state index contributed by atoms with van der Waals surface area (Å²) < 4.78 is 5.93. The normalized spacial score (nSPS) is 17.1. The third-order valence-corrected chi connectivity index (χ3v) is 5.03. The van der Waals surface area contributed by atoms with Crippen molar-refractivity contribution in [1.82, 2.24) is 14.9 Å². The first-order valence-corrected chi connectivity index (χ1v) is 9.21. The summed E-state index contributed by atoms with van der Waals surface area (Å²) in [4.78, 5) is 32.5. The summed E-state index contributed by atoms with van der Waals surface area (Å²) in [7, 11) is 0. The van der Waals surface area contributed by atoms with Crippen molar-refractivity contribution >= 4 is 5.97 Å². The van der Waals surface area contributed by atoms with Gasteiger partial charge in [0.2, 0.25) is 0 Å². The second-order valence-corrected chi connectivity index (χ2v) is 7.09. The van der Waals surface area contributed by atoms with Crippen LogP contribution < -0.4 is 5.56 Å². The molecule has 0 aliphatic carbocycles. The predicted octanol–water partition coefficient (Wildman–Crippen LogP) is 3.03. The number of hydrogen-bond acceptors (Lipinski definition) is 5. The molecule has 28 heavy (non-hydrogen) atoms. The fourth-order valence-corrected chi connectivity index (χ4v) is 3.74. The van der Waals surface area contributed by atoms with Crippen molar-refractivity contribution in [3.8, 4) is 11.3 Å². The number of nitrogens with one attached hydrogen (secondary N) is 1. The lowest BCUT2D eigenvalue weighted by Gasteiger charge is -2.14. The molecule has 1 unspecified atom stereocenters. The molecule has 2 N–H and O–H groups in total. The smallest absolute Gasteiger partial charge is 0.336 e. The summed E-state index contributed by atoms with van der Waals surface area (Å²) in [6.07, 6.45) is 0.936. The number of hydrogen-bond donors (Lipinski definition) is 2. The van der Waals surface area contributed by atoms with Crippen LogP contribution in [0.3, 0.4) is 0 Å². The average Bonchev–Trinajstić information content (AvgIpc) is 3.31. The fourth-order valence-electron chi connectivity index (χ4n) is 3.74. The molecule has 0 spiro atoms. The number of furan rings is 1. The first kappa shape index (κ1) is 18.2. The van der Waals surface area contributed by atoms with Gasteiger partial charge in [0.05, 0.1) is 17.8 Å². The Kier molecular flexibility index (Phi) is 4.83. The molecule has 1 aromatic carbocycles. The molecule has 4 rings (SSSR count). The van der Waals surface area contributed by atoms with Gasteiger partial charge in [0, 0.05) is 24.1 Å². The van der Waals surface area contributed by atoms with Gasteiger partial charge < -0.3 is 14.5 Å². The van der Waals surface area contributed by atoms with Crippen LogP contribution in [-0.2, 0) is 6.54 Å². The lowest BCUT2D eigenvalue weighted by molar-refractivity contribution is 0.0697. The molecule has 1 atom stereocenters. The summed E-state index contributed by atoms with van der Waals surface area (Å²) in [5.41, 5.74) is 1.51. The SMILES string of the molecule is Cc1nc(C2CCN(Cc3ccc(-c4ccccc4C(=O)O)o3)C2)cc(=O)[nH]1. The molecule has 0 saturated carbocycles. The third-order valence-electron chi connectivity index (χ3n) is 5.03. The summed E-state index contributed by atoms with van der Waals surface area (Å²) in [5.74, 6) is 1.22. The van der Waals surface area contributed by atoms with E-state index in [0.29, 0.717) is 23.7 Å². The zero-order valence-electron chi connectivity index (χ0n) is 15.5. The molecule has 7 nitrogen and oxygen atoms in total. The molecule has 1 saturated heterocycles. The largest absolute Gasteiger partial charge is 0.478 e. The second kappa shape index (κ2) is 7.44. The lowest BCUT2D eigenvalue weighted by atomic mass is 10.0. The van der Waals surface area contributed by atoms with Crippen LogP contribution in [0.4, 0.5) is 0 Å². The van der Waals surface area contributed by atoms with Crippen molar-refractivity contribution in [2.45, 2.75) is 25.8 Å². The number of aromatic carboxylic acids is 1. The van der Waals surface area contributed by atoms with Gasteiger partial charge in [0.1, 0.15) is 17.3 Å². The molecule has 0 bridgehead atoms. The van der Waals surface area contributed by atoms with Gasteiger partial charge in [0.15, 0.2) is 0 Å². The molecule has 0 radical (unpaired) electrons. The van der Waals surface area contributed by atoms with E-state index < -0.39 is 5.97 Å². The third kappa shape index (κ3) is 3.75. The fraction of sp³-hybridized carbons (Fsp3) is 0.286. The van der Waals surface area contributed by atoms with Crippen LogP contribution in [0.2, 0.25) is 0 Å². The average molecular weight is 379 g/mol. The topological polar surface area (TPSA) is 99.4 Å². The van der Waals surface area contributed by atoms with Crippen molar-refractivity contribution in [2.75, 3.05) is 13.1 Å². The van der Waals surface area contributed by atoms with Crippen LogP contribution in [0.1, 0.15) is 40.0 Å². The van der Waals surface area contributed by atoms with E-state index in [9.17, 15) is 14.7 Å². The molecule has 7 heteroatoms. The van der Waals surface area contributed by atoms with Crippen LogP contribution in [0.25, 0.3) is 11.3 Å². The Morgan fingerprint density at radius 3 is 2.93 bits per heavy atom. The van der Waals surface area contributed by atoms with Crippen molar-refractivity contribution < 1.29 is 14.3 Å². The van der Waals surface area contributed by atoms with E-state index >= 15 is 0 Å².